The molecular weight excluding hydrogens is 251 g/mol. The predicted octanol–water partition coefficient (Wildman–Crippen LogP) is 0.835. The Morgan fingerprint density at radius 2 is 2.26 bits per heavy atom. The highest BCUT2D eigenvalue weighted by Crippen LogP contribution is 2.14. The molecule has 0 fully saturated rings. The van der Waals surface area contributed by atoms with Crippen molar-refractivity contribution in [2.24, 2.45) is 13.0 Å². The van der Waals surface area contributed by atoms with Gasteiger partial charge in [-0.1, -0.05) is 12.1 Å². The van der Waals surface area contributed by atoms with Crippen molar-refractivity contribution in [2.45, 2.75) is 12.8 Å². The summed E-state index contributed by atoms with van der Waals surface area (Å²) in [5.74, 6) is -1.67. The summed E-state index contributed by atoms with van der Waals surface area (Å²) in [4.78, 5) is 12.5. The molecule has 2 aromatic rings. The van der Waals surface area contributed by atoms with E-state index in [0.29, 0.717) is 11.4 Å². The summed E-state index contributed by atoms with van der Waals surface area (Å²) < 4.78 is 13.1. The minimum Gasteiger partial charge on any atom is -0.481 e. The van der Waals surface area contributed by atoms with Crippen LogP contribution in [0.15, 0.2) is 24.3 Å². The Morgan fingerprint density at radius 3 is 2.84 bits per heavy atom. The first-order valence-corrected chi connectivity index (χ1v) is 5.74. The second kappa shape index (κ2) is 5.55. The summed E-state index contributed by atoms with van der Waals surface area (Å²) in [6.45, 7) is 0. The highest BCUT2D eigenvalue weighted by atomic mass is 19.1. The van der Waals surface area contributed by atoms with Gasteiger partial charge in [0.25, 0.3) is 0 Å². The van der Waals surface area contributed by atoms with Gasteiger partial charge in [-0.15, -0.1) is 10.2 Å². The zero-order valence-electron chi connectivity index (χ0n) is 10.3. The minimum absolute atomic E-state index is 0.166. The fraction of sp³-hybridized carbons (Fsp3) is 0.333. The molecule has 1 aromatic carbocycles. The average molecular weight is 264 g/mol. The lowest BCUT2D eigenvalue weighted by atomic mass is 9.96. The average Bonchev–Trinajstić information content (AvgIpc) is 2.74. The number of carboxylic acids is 1. The molecule has 1 heterocycles. The molecule has 0 radical (unpaired) electrons. The summed E-state index contributed by atoms with van der Waals surface area (Å²) in [6, 6.07) is 5.91. The Labute approximate surface area is 108 Å². The van der Waals surface area contributed by atoms with Crippen LogP contribution in [0.2, 0.25) is 0 Å². The van der Waals surface area contributed by atoms with Crippen molar-refractivity contribution in [3.63, 3.8) is 0 Å². The minimum atomic E-state index is -0.961. The Morgan fingerprint density at radius 1 is 1.47 bits per heavy atom. The molecule has 0 aliphatic rings. The van der Waals surface area contributed by atoms with Crippen LogP contribution in [-0.4, -0.2) is 31.3 Å². The molecule has 1 unspecified atom stereocenters. The second-order valence-corrected chi connectivity index (χ2v) is 4.27. The van der Waals surface area contributed by atoms with Crippen LogP contribution < -0.4 is 0 Å². The number of hydrogen-bond donors (Lipinski definition) is 1. The number of halogens is 1. The topological polar surface area (TPSA) is 80.9 Å². The number of aromatic nitrogens is 4. The summed E-state index contributed by atoms with van der Waals surface area (Å²) in [7, 11) is 1.61. The van der Waals surface area contributed by atoms with Gasteiger partial charge in [0.1, 0.15) is 5.82 Å². The maximum absolute atomic E-state index is 13.1. The molecule has 0 amide bonds. The van der Waals surface area contributed by atoms with Crippen molar-refractivity contribution < 1.29 is 14.3 Å². The van der Waals surface area contributed by atoms with E-state index >= 15 is 0 Å². The van der Waals surface area contributed by atoms with Gasteiger partial charge in [-0.05, 0) is 29.3 Å². The van der Waals surface area contributed by atoms with E-state index in [9.17, 15) is 14.3 Å². The quantitative estimate of drug-likeness (QED) is 0.865. The lowest BCUT2D eigenvalue weighted by Gasteiger charge is -2.10. The molecule has 2 rings (SSSR count). The highest BCUT2D eigenvalue weighted by molar-refractivity contribution is 5.70. The molecule has 1 aromatic heterocycles. The standard InChI is InChI=1S/C12H13FN4O2/c1-17-15-11(14-16-17)7-9(12(18)19)5-8-3-2-4-10(13)6-8/h2-4,6,9H,5,7H2,1H3,(H,18,19). The molecule has 0 aliphatic carbocycles. The summed E-state index contributed by atoms with van der Waals surface area (Å²) in [5.41, 5.74) is 0.635. The third-order valence-corrected chi connectivity index (χ3v) is 2.70. The van der Waals surface area contributed by atoms with E-state index in [-0.39, 0.29) is 18.7 Å². The predicted molar refractivity (Wildman–Crippen MR) is 63.7 cm³/mol. The van der Waals surface area contributed by atoms with Crippen LogP contribution in [0.25, 0.3) is 0 Å². The van der Waals surface area contributed by atoms with Gasteiger partial charge in [0.2, 0.25) is 0 Å². The molecule has 0 spiro atoms. The molecule has 0 bridgehead atoms. The third kappa shape index (κ3) is 3.57. The van der Waals surface area contributed by atoms with Crippen LogP contribution in [0, 0.1) is 11.7 Å². The van der Waals surface area contributed by atoms with Gasteiger partial charge in [-0.25, -0.2) is 4.39 Å². The van der Waals surface area contributed by atoms with E-state index in [1.807, 2.05) is 0 Å². The van der Waals surface area contributed by atoms with Crippen molar-refractivity contribution in [3.05, 3.63) is 41.5 Å². The molecule has 6 nitrogen and oxygen atoms in total. The highest BCUT2D eigenvalue weighted by Gasteiger charge is 2.21. The molecule has 0 aliphatic heterocycles. The maximum atomic E-state index is 13.1. The van der Waals surface area contributed by atoms with Gasteiger partial charge in [0.15, 0.2) is 5.82 Å². The van der Waals surface area contributed by atoms with E-state index in [1.165, 1.54) is 16.9 Å². The van der Waals surface area contributed by atoms with Crippen molar-refractivity contribution >= 4 is 5.97 Å². The fourth-order valence-corrected chi connectivity index (χ4v) is 1.82. The molecule has 1 atom stereocenters. The first-order chi connectivity index (χ1) is 9.04. The van der Waals surface area contributed by atoms with Crippen LogP contribution in [-0.2, 0) is 24.7 Å². The van der Waals surface area contributed by atoms with Gasteiger partial charge < -0.3 is 5.11 Å². The number of tetrazole rings is 1. The lowest BCUT2D eigenvalue weighted by Crippen LogP contribution is -2.20. The summed E-state index contributed by atoms with van der Waals surface area (Å²) in [6.07, 6.45) is 0.394. The SMILES string of the molecule is Cn1nnc(CC(Cc2cccc(F)c2)C(=O)O)n1. The van der Waals surface area contributed by atoms with Crippen molar-refractivity contribution in [1.82, 2.24) is 20.2 Å². The third-order valence-electron chi connectivity index (χ3n) is 2.70. The first kappa shape index (κ1) is 13.1. The Hall–Kier alpha value is -2.31. The van der Waals surface area contributed by atoms with E-state index in [2.05, 4.69) is 15.4 Å². The van der Waals surface area contributed by atoms with E-state index in [1.54, 1.807) is 19.2 Å². The van der Waals surface area contributed by atoms with Gasteiger partial charge in [-0.2, -0.15) is 4.80 Å². The molecule has 1 N–H and O–H groups in total. The molecule has 0 saturated heterocycles. The molecule has 0 saturated carbocycles. The van der Waals surface area contributed by atoms with Crippen LogP contribution in [0.1, 0.15) is 11.4 Å². The number of carboxylic acid groups (broad SMARTS) is 1. The van der Waals surface area contributed by atoms with Gasteiger partial charge in [0.05, 0.1) is 13.0 Å². The number of carbonyl (C=O) groups is 1. The number of hydrogen-bond acceptors (Lipinski definition) is 4. The van der Waals surface area contributed by atoms with Crippen molar-refractivity contribution in [2.75, 3.05) is 0 Å². The molecule has 100 valence electrons. The maximum Gasteiger partial charge on any atom is 0.307 e. The number of aliphatic carboxylic acids is 1. The Kier molecular flexibility index (Phi) is 3.84. The molecule has 19 heavy (non-hydrogen) atoms. The van der Waals surface area contributed by atoms with Gasteiger partial charge in [-0.3, -0.25) is 4.79 Å². The van der Waals surface area contributed by atoms with Gasteiger partial charge in [0, 0.05) is 6.42 Å². The fourth-order valence-electron chi connectivity index (χ4n) is 1.82. The Bertz CT molecular complexity index is 585. The molecule has 7 heteroatoms. The van der Waals surface area contributed by atoms with Crippen molar-refractivity contribution in [1.29, 1.82) is 0 Å². The Balaban J connectivity index is 2.10. The monoisotopic (exact) mass is 264 g/mol. The number of benzene rings is 1. The van der Waals surface area contributed by atoms with Crippen LogP contribution in [0.5, 0.6) is 0 Å². The van der Waals surface area contributed by atoms with Crippen LogP contribution >= 0.6 is 0 Å². The number of nitrogens with zero attached hydrogens (tertiary/aromatic N) is 4. The summed E-state index contributed by atoms with van der Waals surface area (Å²) >= 11 is 0. The second-order valence-electron chi connectivity index (χ2n) is 4.27. The number of aryl methyl sites for hydroxylation is 1. The first-order valence-electron chi connectivity index (χ1n) is 5.74. The van der Waals surface area contributed by atoms with E-state index in [4.69, 9.17) is 0 Å². The zero-order valence-corrected chi connectivity index (χ0v) is 10.3. The lowest BCUT2D eigenvalue weighted by molar-refractivity contribution is -0.141. The largest absolute Gasteiger partial charge is 0.481 e. The van der Waals surface area contributed by atoms with Crippen LogP contribution in [0.4, 0.5) is 4.39 Å². The van der Waals surface area contributed by atoms with Crippen LogP contribution in [0.3, 0.4) is 0 Å². The van der Waals surface area contributed by atoms with Crippen molar-refractivity contribution in [3.8, 4) is 0 Å². The van der Waals surface area contributed by atoms with E-state index in [0.717, 1.165) is 0 Å². The molecular formula is C12H13FN4O2. The van der Waals surface area contributed by atoms with E-state index < -0.39 is 11.9 Å². The zero-order chi connectivity index (χ0) is 13.8. The number of rotatable bonds is 5. The van der Waals surface area contributed by atoms with Gasteiger partial charge >= 0.3 is 5.97 Å². The smallest absolute Gasteiger partial charge is 0.307 e. The summed E-state index contributed by atoms with van der Waals surface area (Å²) in [5, 5.41) is 20.6. The normalized spacial score (nSPS) is 12.3.